The Bertz CT molecular complexity index is 714. The molecule has 0 saturated carbocycles. The lowest BCUT2D eigenvalue weighted by atomic mass is 10.1. The minimum absolute atomic E-state index is 0.0114. The lowest BCUT2D eigenvalue weighted by Gasteiger charge is -2.31. The molecule has 0 unspecified atom stereocenters. The number of hydrogen-bond donors (Lipinski definition) is 0. The molecule has 25 heavy (non-hydrogen) atoms. The predicted octanol–water partition coefficient (Wildman–Crippen LogP) is 3.41. The molecule has 7 heteroatoms. The van der Waals surface area contributed by atoms with Crippen molar-refractivity contribution in [1.82, 2.24) is 9.88 Å². The maximum atomic E-state index is 13.3. The predicted molar refractivity (Wildman–Crippen MR) is 91.9 cm³/mol. The van der Waals surface area contributed by atoms with Crippen molar-refractivity contribution in [2.75, 3.05) is 50.8 Å². The average molecular weight is 353 g/mol. The van der Waals surface area contributed by atoms with Crippen molar-refractivity contribution in [1.29, 1.82) is 0 Å². The summed E-state index contributed by atoms with van der Waals surface area (Å²) in [7, 11) is 0. The lowest BCUT2D eigenvalue weighted by molar-refractivity contribution is -0.136. The van der Waals surface area contributed by atoms with E-state index in [1.807, 2.05) is 6.92 Å². The van der Waals surface area contributed by atoms with Crippen molar-refractivity contribution in [3.8, 4) is 0 Å². The fourth-order valence-electron chi connectivity index (χ4n) is 3.20. The van der Waals surface area contributed by atoms with Gasteiger partial charge in [0.05, 0.1) is 24.3 Å². The third-order valence-electron chi connectivity index (χ3n) is 4.57. The topological polar surface area (TPSA) is 28.6 Å². The van der Waals surface area contributed by atoms with Crippen LogP contribution < -0.4 is 4.90 Å². The van der Waals surface area contributed by atoms with E-state index in [1.54, 1.807) is 12.1 Å². The van der Waals surface area contributed by atoms with Gasteiger partial charge in [0.1, 0.15) is 0 Å². The summed E-state index contributed by atoms with van der Waals surface area (Å²) >= 11 is 0. The summed E-state index contributed by atoms with van der Waals surface area (Å²) in [4.78, 5) is 8.43. The standard InChI is InChI=1S/C18H22F3N3O/c1-2-24(9-8-23-10-12-25-13-11-23)16-6-7-22-17-14(16)4-3-5-15(17)18(19,20)21/h3-7H,2,8-13H2,1H3. The number of morpholine rings is 1. The minimum Gasteiger partial charge on any atom is -0.379 e. The summed E-state index contributed by atoms with van der Waals surface area (Å²) in [6, 6.07) is 6.05. The van der Waals surface area contributed by atoms with E-state index < -0.39 is 11.7 Å². The molecule has 0 atom stereocenters. The van der Waals surface area contributed by atoms with E-state index in [2.05, 4.69) is 14.8 Å². The first-order valence-electron chi connectivity index (χ1n) is 8.50. The summed E-state index contributed by atoms with van der Waals surface area (Å²) < 4.78 is 45.1. The second-order valence-electron chi connectivity index (χ2n) is 6.06. The van der Waals surface area contributed by atoms with Gasteiger partial charge in [-0.25, -0.2) is 0 Å². The highest BCUT2D eigenvalue weighted by Gasteiger charge is 2.33. The molecule has 3 rings (SSSR count). The van der Waals surface area contributed by atoms with Gasteiger partial charge in [0.2, 0.25) is 0 Å². The van der Waals surface area contributed by atoms with Gasteiger partial charge < -0.3 is 9.64 Å². The van der Waals surface area contributed by atoms with Crippen molar-refractivity contribution in [3.05, 3.63) is 36.0 Å². The molecule has 136 valence electrons. The Kier molecular flexibility index (Phi) is 5.44. The van der Waals surface area contributed by atoms with Crippen molar-refractivity contribution >= 4 is 16.6 Å². The highest BCUT2D eigenvalue weighted by molar-refractivity contribution is 5.93. The number of anilines is 1. The number of pyridine rings is 1. The van der Waals surface area contributed by atoms with Crippen molar-refractivity contribution in [2.45, 2.75) is 13.1 Å². The van der Waals surface area contributed by atoms with Crippen molar-refractivity contribution < 1.29 is 17.9 Å². The number of likely N-dealkylation sites (N-methyl/N-ethyl adjacent to an activating group) is 1. The number of para-hydroxylation sites is 1. The third kappa shape index (κ3) is 4.04. The zero-order valence-electron chi connectivity index (χ0n) is 14.2. The van der Waals surface area contributed by atoms with Crippen LogP contribution in [0.1, 0.15) is 12.5 Å². The number of fused-ring (bicyclic) bond motifs is 1. The van der Waals surface area contributed by atoms with Crippen LogP contribution in [0, 0.1) is 0 Å². The second kappa shape index (κ2) is 7.58. The maximum absolute atomic E-state index is 13.3. The van der Waals surface area contributed by atoms with Crippen LogP contribution in [-0.4, -0.2) is 55.8 Å². The van der Waals surface area contributed by atoms with Crippen LogP contribution in [0.3, 0.4) is 0 Å². The van der Waals surface area contributed by atoms with Crippen LogP contribution in [0.15, 0.2) is 30.5 Å². The summed E-state index contributed by atoms with van der Waals surface area (Å²) in [5, 5.41) is 0.543. The normalized spacial score (nSPS) is 16.3. The maximum Gasteiger partial charge on any atom is 0.418 e. The van der Waals surface area contributed by atoms with Crippen LogP contribution >= 0.6 is 0 Å². The summed E-state index contributed by atoms with van der Waals surface area (Å²) in [5.74, 6) is 0. The zero-order chi connectivity index (χ0) is 17.9. The van der Waals surface area contributed by atoms with Crippen LogP contribution in [-0.2, 0) is 10.9 Å². The number of aromatic nitrogens is 1. The number of nitrogens with zero attached hydrogens (tertiary/aromatic N) is 3. The highest BCUT2D eigenvalue weighted by Crippen LogP contribution is 2.36. The Balaban J connectivity index is 1.88. The van der Waals surface area contributed by atoms with E-state index in [1.165, 1.54) is 12.3 Å². The molecule has 2 aromatic rings. The third-order valence-corrected chi connectivity index (χ3v) is 4.57. The summed E-state index contributed by atoms with van der Waals surface area (Å²) in [5.41, 5.74) is 0.125. The summed E-state index contributed by atoms with van der Waals surface area (Å²) in [6.07, 6.45) is -2.94. The quantitative estimate of drug-likeness (QED) is 0.824. The van der Waals surface area contributed by atoms with Crippen LogP contribution in [0.25, 0.3) is 10.9 Å². The van der Waals surface area contributed by atoms with Crippen LogP contribution in [0.4, 0.5) is 18.9 Å². The van der Waals surface area contributed by atoms with Gasteiger partial charge in [-0.1, -0.05) is 12.1 Å². The molecule has 1 aromatic heterocycles. The number of ether oxygens (including phenoxy) is 1. The smallest absolute Gasteiger partial charge is 0.379 e. The SMILES string of the molecule is CCN(CCN1CCOCC1)c1ccnc2c(C(F)(F)F)cccc12. The molecule has 1 aliphatic heterocycles. The molecule has 4 nitrogen and oxygen atoms in total. The first-order valence-corrected chi connectivity index (χ1v) is 8.50. The molecule has 0 radical (unpaired) electrons. The van der Waals surface area contributed by atoms with Crippen molar-refractivity contribution in [3.63, 3.8) is 0 Å². The molecule has 0 aliphatic carbocycles. The fraction of sp³-hybridized carbons (Fsp3) is 0.500. The molecular weight excluding hydrogens is 331 g/mol. The van der Waals surface area contributed by atoms with Gasteiger partial charge in [0.25, 0.3) is 0 Å². The Morgan fingerprint density at radius 1 is 1.20 bits per heavy atom. The molecule has 0 amide bonds. The Labute approximate surface area is 145 Å². The van der Waals surface area contributed by atoms with Gasteiger partial charge in [0, 0.05) is 50.0 Å². The molecule has 1 aliphatic rings. The highest BCUT2D eigenvalue weighted by atomic mass is 19.4. The summed E-state index contributed by atoms with van der Waals surface area (Å²) in [6.45, 7) is 7.61. The Morgan fingerprint density at radius 2 is 1.96 bits per heavy atom. The number of rotatable bonds is 5. The molecule has 0 spiro atoms. The largest absolute Gasteiger partial charge is 0.418 e. The molecule has 0 bridgehead atoms. The van der Waals surface area contributed by atoms with Gasteiger partial charge >= 0.3 is 6.18 Å². The van der Waals surface area contributed by atoms with E-state index >= 15 is 0 Å². The van der Waals surface area contributed by atoms with Gasteiger partial charge in [-0.15, -0.1) is 0 Å². The van der Waals surface area contributed by atoms with E-state index in [4.69, 9.17) is 4.74 Å². The van der Waals surface area contributed by atoms with E-state index in [9.17, 15) is 13.2 Å². The van der Waals surface area contributed by atoms with E-state index in [0.717, 1.165) is 57.7 Å². The Hall–Kier alpha value is -1.86. The molecule has 0 N–H and O–H groups in total. The molecule has 1 aromatic carbocycles. The van der Waals surface area contributed by atoms with Crippen LogP contribution in [0.5, 0.6) is 0 Å². The molecule has 2 heterocycles. The zero-order valence-corrected chi connectivity index (χ0v) is 14.2. The first-order chi connectivity index (χ1) is 12.0. The minimum atomic E-state index is -4.41. The van der Waals surface area contributed by atoms with Gasteiger partial charge in [-0.2, -0.15) is 13.2 Å². The fourth-order valence-corrected chi connectivity index (χ4v) is 3.20. The van der Waals surface area contributed by atoms with E-state index in [0.29, 0.717) is 5.39 Å². The average Bonchev–Trinajstić information content (AvgIpc) is 2.62. The van der Waals surface area contributed by atoms with Crippen molar-refractivity contribution in [2.24, 2.45) is 0 Å². The van der Waals surface area contributed by atoms with Gasteiger partial charge in [-0.05, 0) is 19.1 Å². The van der Waals surface area contributed by atoms with Gasteiger partial charge in [0.15, 0.2) is 0 Å². The number of alkyl halides is 3. The molecule has 1 fully saturated rings. The molecule has 1 saturated heterocycles. The Morgan fingerprint density at radius 3 is 2.64 bits per heavy atom. The monoisotopic (exact) mass is 353 g/mol. The lowest BCUT2D eigenvalue weighted by Crippen LogP contribution is -2.41. The van der Waals surface area contributed by atoms with E-state index in [-0.39, 0.29) is 5.52 Å². The second-order valence-corrected chi connectivity index (χ2v) is 6.06. The molecular formula is C18H22F3N3O. The van der Waals surface area contributed by atoms with Crippen LogP contribution in [0.2, 0.25) is 0 Å². The number of benzene rings is 1. The number of hydrogen-bond acceptors (Lipinski definition) is 4. The van der Waals surface area contributed by atoms with Gasteiger partial charge in [-0.3, -0.25) is 9.88 Å². The first kappa shape index (κ1) is 17.9. The number of halogens is 3.